The molecule has 1 aromatic rings. The van der Waals surface area contributed by atoms with Gasteiger partial charge in [-0.15, -0.1) is 0 Å². The van der Waals surface area contributed by atoms with Crippen LogP contribution in [0.2, 0.25) is 0 Å². The molecule has 0 atom stereocenters. The maximum absolute atomic E-state index is 12.4. The highest BCUT2D eigenvalue weighted by molar-refractivity contribution is 5.52. The van der Waals surface area contributed by atoms with E-state index in [0.29, 0.717) is 0 Å². The van der Waals surface area contributed by atoms with Crippen molar-refractivity contribution in [1.29, 1.82) is 0 Å². The Morgan fingerprint density at radius 1 is 1.21 bits per heavy atom. The number of hydrogen-bond acceptors (Lipinski definition) is 3. The fraction of sp³-hybridized carbons (Fsp3) is 0.667. The Bertz CT molecular complexity index is 436. The maximum atomic E-state index is 12.4. The average Bonchev–Trinajstić information content (AvgIpc) is 2.48. The average molecular weight is 291 g/mol. The normalized spacial score (nSPS) is 13.1. The number of nitrogen functional groups attached to an aromatic ring is 1. The number of nitrogens with two attached hydrogens (primary N) is 1. The van der Waals surface area contributed by atoms with Gasteiger partial charge < -0.3 is 10.5 Å². The third kappa shape index (κ3) is 3.24. The first-order chi connectivity index (χ1) is 8.48. The Labute approximate surface area is 104 Å². The van der Waals surface area contributed by atoms with Gasteiger partial charge in [0.2, 0.25) is 5.88 Å². The molecule has 0 aliphatic rings. The lowest BCUT2D eigenvalue weighted by Crippen LogP contribution is -2.47. The summed E-state index contributed by atoms with van der Waals surface area (Å²) < 4.78 is 79.0. The molecule has 0 unspecified atom stereocenters. The van der Waals surface area contributed by atoms with E-state index in [-0.39, 0.29) is 17.9 Å². The molecular formula is C9H11F6N3O. The second kappa shape index (κ2) is 4.82. The Balaban J connectivity index is 3.18. The van der Waals surface area contributed by atoms with E-state index in [2.05, 4.69) is 9.84 Å². The number of hydrogen-bond donors (Lipinski definition) is 1. The van der Waals surface area contributed by atoms with Crippen molar-refractivity contribution in [3.05, 3.63) is 5.69 Å². The van der Waals surface area contributed by atoms with Crippen LogP contribution in [0.4, 0.5) is 32.0 Å². The van der Waals surface area contributed by atoms with Crippen LogP contribution in [0.3, 0.4) is 0 Å². The van der Waals surface area contributed by atoms with Gasteiger partial charge in [-0.1, -0.05) is 0 Å². The second-order valence-electron chi connectivity index (χ2n) is 3.70. The van der Waals surface area contributed by atoms with Crippen LogP contribution in [-0.2, 0) is 6.54 Å². The lowest BCUT2D eigenvalue weighted by molar-refractivity contribution is -0.300. The molecule has 0 bridgehead atoms. The Morgan fingerprint density at radius 3 is 2.05 bits per heavy atom. The molecule has 110 valence electrons. The first-order valence-electron chi connectivity index (χ1n) is 5.11. The minimum Gasteiger partial charge on any atom is -0.453 e. The number of ether oxygens (including phenoxy) is 1. The number of anilines is 1. The fourth-order valence-electron chi connectivity index (χ4n) is 1.34. The number of halogens is 6. The molecule has 1 aromatic heterocycles. The summed E-state index contributed by atoms with van der Waals surface area (Å²) in [5.41, 5.74) is 5.12. The number of aryl methyl sites for hydroxylation is 2. The van der Waals surface area contributed by atoms with Crippen molar-refractivity contribution >= 4 is 5.69 Å². The zero-order valence-electron chi connectivity index (χ0n) is 9.93. The van der Waals surface area contributed by atoms with E-state index in [1.165, 1.54) is 13.8 Å². The quantitative estimate of drug-likeness (QED) is 0.871. The first kappa shape index (κ1) is 15.4. The summed E-state index contributed by atoms with van der Waals surface area (Å²) in [4.78, 5) is 0. The summed E-state index contributed by atoms with van der Waals surface area (Å²) in [5, 5.41) is 3.68. The van der Waals surface area contributed by atoms with Gasteiger partial charge >= 0.3 is 12.4 Å². The van der Waals surface area contributed by atoms with Gasteiger partial charge in [0.1, 0.15) is 5.69 Å². The third-order valence-corrected chi connectivity index (χ3v) is 2.25. The highest BCUT2D eigenvalue weighted by Crippen LogP contribution is 2.38. The number of alkyl halides is 6. The summed E-state index contributed by atoms with van der Waals surface area (Å²) in [6.07, 6.45) is -15.1. The molecule has 19 heavy (non-hydrogen) atoms. The molecule has 0 spiro atoms. The van der Waals surface area contributed by atoms with Crippen molar-refractivity contribution in [2.24, 2.45) is 0 Å². The summed E-state index contributed by atoms with van der Waals surface area (Å²) in [6.45, 7) is 2.86. The van der Waals surface area contributed by atoms with Crippen LogP contribution < -0.4 is 10.5 Å². The van der Waals surface area contributed by atoms with Gasteiger partial charge in [0, 0.05) is 6.54 Å². The number of nitrogens with zero attached hydrogens (tertiary/aromatic N) is 2. The highest BCUT2D eigenvalue weighted by Gasteiger charge is 2.59. The monoisotopic (exact) mass is 291 g/mol. The molecule has 0 radical (unpaired) electrons. The molecule has 0 saturated heterocycles. The highest BCUT2D eigenvalue weighted by atomic mass is 19.4. The van der Waals surface area contributed by atoms with Crippen LogP contribution in [0.5, 0.6) is 5.88 Å². The van der Waals surface area contributed by atoms with E-state index >= 15 is 0 Å². The van der Waals surface area contributed by atoms with Crippen molar-refractivity contribution in [1.82, 2.24) is 9.78 Å². The minimum absolute atomic E-state index is 0.0236. The Kier molecular flexibility index (Phi) is 3.92. The summed E-state index contributed by atoms with van der Waals surface area (Å²) >= 11 is 0. The lowest BCUT2D eigenvalue weighted by atomic mass is 10.3. The van der Waals surface area contributed by atoms with Crippen molar-refractivity contribution in [2.45, 2.75) is 38.8 Å². The van der Waals surface area contributed by atoms with Crippen LogP contribution in [0, 0.1) is 6.92 Å². The van der Waals surface area contributed by atoms with Gasteiger partial charge in [-0.05, 0) is 13.8 Å². The van der Waals surface area contributed by atoms with Crippen molar-refractivity contribution in [3.63, 3.8) is 0 Å². The minimum atomic E-state index is -5.60. The molecule has 2 N–H and O–H groups in total. The molecule has 4 nitrogen and oxygen atoms in total. The van der Waals surface area contributed by atoms with Gasteiger partial charge in [-0.3, -0.25) is 0 Å². The fourth-order valence-corrected chi connectivity index (χ4v) is 1.34. The Morgan fingerprint density at radius 2 is 1.68 bits per heavy atom. The van der Waals surface area contributed by atoms with Gasteiger partial charge in [-0.2, -0.15) is 31.4 Å². The van der Waals surface area contributed by atoms with E-state index in [0.717, 1.165) is 4.68 Å². The lowest BCUT2D eigenvalue weighted by Gasteiger charge is -2.24. The molecule has 0 amide bonds. The predicted octanol–water partition coefficient (Wildman–Crippen LogP) is 2.67. The zero-order chi connectivity index (χ0) is 15.0. The summed E-state index contributed by atoms with van der Waals surface area (Å²) in [7, 11) is 0. The molecule has 0 aliphatic heterocycles. The van der Waals surface area contributed by atoms with Crippen LogP contribution in [0.25, 0.3) is 0 Å². The van der Waals surface area contributed by atoms with E-state index in [1.807, 2.05) is 0 Å². The van der Waals surface area contributed by atoms with Crippen LogP contribution in [0.15, 0.2) is 0 Å². The van der Waals surface area contributed by atoms with Crippen LogP contribution >= 0.6 is 0 Å². The second-order valence-corrected chi connectivity index (χ2v) is 3.70. The summed E-state index contributed by atoms with van der Waals surface area (Å²) in [6, 6.07) is 0. The zero-order valence-corrected chi connectivity index (χ0v) is 9.93. The maximum Gasteiger partial charge on any atom is 0.434 e. The third-order valence-electron chi connectivity index (χ3n) is 2.25. The van der Waals surface area contributed by atoms with Crippen molar-refractivity contribution < 1.29 is 31.1 Å². The molecule has 0 fully saturated rings. The molecule has 10 heteroatoms. The van der Waals surface area contributed by atoms with Crippen LogP contribution in [0.1, 0.15) is 12.6 Å². The largest absolute Gasteiger partial charge is 0.453 e. The van der Waals surface area contributed by atoms with E-state index < -0.39 is 24.3 Å². The van der Waals surface area contributed by atoms with Crippen LogP contribution in [-0.4, -0.2) is 28.2 Å². The molecule has 0 saturated carbocycles. The first-order valence-corrected chi connectivity index (χ1v) is 5.11. The van der Waals surface area contributed by atoms with Gasteiger partial charge in [-0.25, -0.2) is 4.68 Å². The van der Waals surface area contributed by atoms with E-state index in [1.54, 1.807) is 0 Å². The topological polar surface area (TPSA) is 53.1 Å². The molecular weight excluding hydrogens is 280 g/mol. The van der Waals surface area contributed by atoms with E-state index in [9.17, 15) is 26.3 Å². The molecule has 0 aliphatic carbocycles. The standard InChI is InChI=1S/C9H11F6N3O/c1-3-18-6(5(16)4(2)17-18)19-7(8(10,11)12)9(13,14)15/h7H,3,16H2,1-2H3. The van der Waals surface area contributed by atoms with Gasteiger partial charge in [0.15, 0.2) is 0 Å². The predicted molar refractivity (Wildman–Crippen MR) is 53.6 cm³/mol. The van der Waals surface area contributed by atoms with Gasteiger partial charge in [0.25, 0.3) is 6.10 Å². The number of rotatable bonds is 3. The molecule has 0 aromatic carbocycles. The van der Waals surface area contributed by atoms with Gasteiger partial charge in [0.05, 0.1) is 5.69 Å². The number of aromatic nitrogens is 2. The van der Waals surface area contributed by atoms with E-state index in [4.69, 9.17) is 5.73 Å². The van der Waals surface area contributed by atoms with Crippen molar-refractivity contribution in [2.75, 3.05) is 5.73 Å². The Hall–Kier alpha value is -1.61. The molecule has 1 rings (SSSR count). The smallest absolute Gasteiger partial charge is 0.434 e. The van der Waals surface area contributed by atoms with Crippen molar-refractivity contribution in [3.8, 4) is 5.88 Å². The molecule has 1 heterocycles. The SMILES string of the molecule is CCn1nc(C)c(N)c1OC(C(F)(F)F)C(F)(F)F. The summed E-state index contributed by atoms with van der Waals surface area (Å²) in [5.74, 6) is -0.736.